The van der Waals surface area contributed by atoms with Gasteiger partial charge in [0.1, 0.15) is 5.82 Å². The quantitative estimate of drug-likeness (QED) is 0.848. The molecule has 0 saturated carbocycles. The second kappa shape index (κ2) is 5.79. The second-order valence-corrected chi connectivity index (χ2v) is 6.08. The number of primary amides is 1. The first-order valence-corrected chi connectivity index (χ1v) is 7.56. The predicted molar refractivity (Wildman–Crippen MR) is 80.6 cm³/mol. The SMILES string of the molecule is NC(=O)c1cnc(N2CC(O)C(N3CCCC3)C2)c(Cl)c1. The Bertz CT molecular complexity index is 548. The van der Waals surface area contributed by atoms with Crippen molar-refractivity contribution in [3.05, 3.63) is 22.8 Å². The average Bonchev–Trinajstić information content (AvgIpc) is 3.07. The summed E-state index contributed by atoms with van der Waals surface area (Å²) in [7, 11) is 0. The van der Waals surface area contributed by atoms with Crippen LogP contribution in [0.1, 0.15) is 23.2 Å². The largest absolute Gasteiger partial charge is 0.390 e. The van der Waals surface area contributed by atoms with Crippen LogP contribution >= 0.6 is 11.6 Å². The molecule has 0 spiro atoms. The Morgan fingerprint density at radius 3 is 2.71 bits per heavy atom. The zero-order valence-electron chi connectivity index (χ0n) is 11.7. The van der Waals surface area contributed by atoms with Gasteiger partial charge in [0.15, 0.2) is 0 Å². The Morgan fingerprint density at radius 2 is 2.10 bits per heavy atom. The second-order valence-electron chi connectivity index (χ2n) is 5.68. The molecule has 1 amide bonds. The van der Waals surface area contributed by atoms with Crippen LogP contribution in [0.15, 0.2) is 12.3 Å². The van der Waals surface area contributed by atoms with E-state index in [4.69, 9.17) is 17.3 Å². The Morgan fingerprint density at radius 1 is 1.38 bits per heavy atom. The maximum atomic E-state index is 11.1. The number of pyridine rings is 1. The molecule has 2 unspecified atom stereocenters. The Labute approximate surface area is 128 Å². The highest BCUT2D eigenvalue weighted by atomic mass is 35.5. The third-order valence-electron chi connectivity index (χ3n) is 4.27. The number of nitrogens with zero attached hydrogens (tertiary/aromatic N) is 3. The van der Waals surface area contributed by atoms with Gasteiger partial charge in [0.2, 0.25) is 5.91 Å². The van der Waals surface area contributed by atoms with E-state index >= 15 is 0 Å². The first-order chi connectivity index (χ1) is 10.1. The van der Waals surface area contributed by atoms with Gasteiger partial charge in [0.05, 0.1) is 22.7 Å². The maximum absolute atomic E-state index is 11.1. The number of halogens is 1. The molecule has 3 N–H and O–H groups in total. The van der Waals surface area contributed by atoms with E-state index < -0.39 is 12.0 Å². The Balaban J connectivity index is 1.77. The molecule has 2 fully saturated rings. The number of likely N-dealkylation sites (tertiary alicyclic amines) is 1. The van der Waals surface area contributed by atoms with Crippen LogP contribution in [-0.4, -0.2) is 59.2 Å². The summed E-state index contributed by atoms with van der Waals surface area (Å²) >= 11 is 6.20. The van der Waals surface area contributed by atoms with Crippen molar-refractivity contribution in [3.63, 3.8) is 0 Å². The highest BCUT2D eigenvalue weighted by molar-refractivity contribution is 6.33. The van der Waals surface area contributed by atoms with E-state index in [0.29, 0.717) is 29.5 Å². The van der Waals surface area contributed by atoms with Crippen LogP contribution in [0.5, 0.6) is 0 Å². The molecule has 7 heteroatoms. The van der Waals surface area contributed by atoms with Crippen molar-refractivity contribution >= 4 is 23.3 Å². The van der Waals surface area contributed by atoms with Gasteiger partial charge in [-0.15, -0.1) is 0 Å². The molecule has 0 bridgehead atoms. The number of aliphatic hydroxyl groups is 1. The molecule has 2 aliphatic heterocycles. The van der Waals surface area contributed by atoms with E-state index in [9.17, 15) is 9.90 Å². The van der Waals surface area contributed by atoms with Crippen LogP contribution in [0.25, 0.3) is 0 Å². The van der Waals surface area contributed by atoms with Gasteiger partial charge in [-0.25, -0.2) is 4.98 Å². The van der Waals surface area contributed by atoms with Crippen LogP contribution in [0.3, 0.4) is 0 Å². The monoisotopic (exact) mass is 310 g/mol. The standard InChI is InChI=1S/C14H19ClN4O2/c15-10-5-9(13(16)21)6-17-14(10)19-7-11(12(20)8-19)18-3-1-2-4-18/h5-6,11-12,20H,1-4,7-8H2,(H2,16,21). The number of hydrogen-bond donors (Lipinski definition) is 2. The van der Waals surface area contributed by atoms with Crippen molar-refractivity contribution in [1.82, 2.24) is 9.88 Å². The fraction of sp³-hybridized carbons (Fsp3) is 0.571. The van der Waals surface area contributed by atoms with Crippen LogP contribution in [-0.2, 0) is 0 Å². The summed E-state index contributed by atoms with van der Waals surface area (Å²) in [4.78, 5) is 19.7. The topological polar surface area (TPSA) is 82.7 Å². The zero-order valence-corrected chi connectivity index (χ0v) is 12.5. The van der Waals surface area contributed by atoms with E-state index in [-0.39, 0.29) is 6.04 Å². The number of hydrogen-bond acceptors (Lipinski definition) is 5. The summed E-state index contributed by atoms with van der Waals surface area (Å²) in [6.45, 7) is 3.28. The summed E-state index contributed by atoms with van der Waals surface area (Å²) in [5, 5.41) is 10.7. The van der Waals surface area contributed by atoms with Gasteiger partial charge in [-0.2, -0.15) is 0 Å². The summed E-state index contributed by atoms with van der Waals surface area (Å²) < 4.78 is 0. The number of nitrogens with two attached hydrogens (primary N) is 1. The molecule has 0 radical (unpaired) electrons. The molecule has 114 valence electrons. The van der Waals surface area contributed by atoms with Crippen molar-refractivity contribution in [1.29, 1.82) is 0 Å². The summed E-state index contributed by atoms with van der Waals surface area (Å²) in [6.07, 6.45) is 3.40. The van der Waals surface area contributed by atoms with E-state index in [1.54, 1.807) is 0 Å². The van der Waals surface area contributed by atoms with Crippen LogP contribution in [0, 0.1) is 0 Å². The highest BCUT2D eigenvalue weighted by Gasteiger charge is 2.37. The van der Waals surface area contributed by atoms with Crippen molar-refractivity contribution in [2.75, 3.05) is 31.1 Å². The number of aromatic nitrogens is 1. The summed E-state index contributed by atoms with van der Waals surface area (Å²) in [5.74, 6) is 0.0507. The smallest absolute Gasteiger partial charge is 0.250 e. The van der Waals surface area contributed by atoms with Gasteiger partial charge < -0.3 is 15.7 Å². The lowest BCUT2D eigenvalue weighted by atomic mass is 10.2. The van der Waals surface area contributed by atoms with Gasteiger partial charge in [-0.05, 0) is 32.0 Å². The van der Waals surface area contributed by atoms with Crippen LogP contribution in [0.2, 0.25) is 5.02 Å². The lowest BCUT2D eigenvalue weighted by Gasteiger charge is -2.25. The molecule has 1 aromatic rings. The third kappa shape index (κ3) is 2.84. The molecule has 3 heterocycles. The zero-order chi connectivity index (χ0) is 15.0. The van der Waals surface area contributed by atoms with E-state index in [0.717, 1.165) is 13.1 Å². The molecular formula is C14H19ClN4O2. The summed E-state index contributed by atoms with van der Waals surface area (Å²) in [6, 6.07) is 1.66. The lowest BCUT2D eigenvalue weighted by molar-refractivity contribution is 0.0985. The molecule has 1 aromatic heterocycles. The average molecular weight is 311 g/mol. The highest BCUT2D eigenvalue weighted by Crippen LogP contribution is 2.29. The molecule has 0 aliphatic carbocycles. The van der Waals surface area contributed by atoms with Crippen molar-refractivity contribution in [3.8, 4) is 0 Å². The van der Waals surface area contributed by atoms with Gasteiger partial charge in [0.25, 0.3) is 0 Å². The number of β-amino-alcohol motifs (C(OH)–C–C–N with tert-alkyl or cyclic N) is 1. The number of aliphatic hydroxyl groups excluding tert-OH is 1. The van der Waals surface area contributed by atoms with Crippen LogP contribution in [0.4, 0.5) is 5.82 Å². The van der Waals surface area contributed by atoms with Crippen molar-refractivity contribution in [2.45, 2.75) is 25.0 Å². The Kier molecular flexibility index (Phi) is 4.01. The van der Waals surface area contributed by atoms with Crippen molar-refractivity contribution in [2.24, 2.45) is 5.73 Å². The first-order valence-electron chi connectivity index (χ1n) is 7.18. The minimum Gasteiger partial charge on any atom is -0.390 e. The molecule has 21 heavy (non-hydrogen) atoms. The first kappa shape index (κ1) is 14.6. The number of carbonyl (C=O) groups excluding carboxylic acids is 1. The normalized spacial score (nSPS) is 26.5. The van der Waals surface area contributed by atoms with E-state index in [2.05, 4.69) is 9.88 Å². The number of anilines is 1. The van der Waals surface area contributed by atoms with Gasteiger partial charge in [0, 0.05) is 19.3 Å². The van der Waals surface area contributed by atoms with Gasteiger partial charge in [-0.1, -0.05) is 11.6 Å². The van der Waals surface area contributed by atoms with Crippen LogP contribution < -0.4 is 10.6 Å². The van der Waals surface area contributed by atoms with Gasteiger partial charge in [-0.3, -0.25) is 9.69 Å². The minimum atomic E-state index is -0.549. The van der Waals surface area contributed by atoms with Gasteiger partial charge >= 0.3 is 0 Å². The molecule has 2 saturated heterocycles. The lowest BCUT2D eigenvalue weighted by Crippen LogP contribution is -2.41. The fourth-order valence-electron chi connectivity index (χ4n) is 3.17. The molecule has 0 aromatic carbocycles. The predicted octanol–water partition coefficient (Wildman–Crippen LogP) is 0.479. The molecule has 2 aliphatic rings. The van der Waals surface area contributed by atoms with E-state index in [1.165, 1.54) is 25.1 Å². The minimum absolute atomic E-state index is 0.126. The Hall–Kier alpha value is -1.37. The molecule has 3 rings (SSSR count). The molecular weight excluding hydrogens is 292 g/mol. The molecule has 6 nitrogen and oxygen atoms in total. The summed E-state index contributed by atoms with van der Waals surface area (Å²) in [5.41, 5.74) is 5.51. The maximum Gasteiger partial charge on any atom is 0.250 e. The molecule has 2 atom stereocenters. The number of carbonyl (C=O) groups is 1. The number of amides is 1. The van der Waals surface area contributed by atoms with Crippen molar-refractivity contribution < 1.29 is 9.90 Å². The number of rotatable bonds is 3. The van der Waals surface area contributed by atoms with E-state index in [1.807, 2.05) is 4.90 Å². The fourth-order valence-corrected chi connectivity index (χ4v) is 3.46. The third-order valence-corrected chi connectivity index (χ3v) is 4.55.